The van der Waals surface area contributed by atoms with Crippen LogP contribution in [0, 0.1) is 11.3 Å². The molecule has 0 saturated carbocycles. The van der Waals surface area contributed by atoms with Gasteiger partial charge in [0.2, 0.25) is 0 Å². The Labute approximate surface area is 70.5 Å². The number of hydrogen-bond acceptors (Lipinski definition) is 1. The minimum absolute atomic E-state index is 0.477. The maximum Gasteiger partial charge on any atom is 0.101 e. The first kappa shape index (κ1) is 7.84. The molecule has 0 heterocycles. The Kier molecular flexibility index (Phi) is 2.30. The molecule has 54 valence electrons. The van der Waals surface area contributed by atoms with E-state index in [2.05, 4.69) is 6.58 Å². The number of halogens is 1. The van der Waals surface area contributed by atoms with Crippen molar-refractivity contribution in [2.75, 3.05) is 0 Å². The summed E-state index contributed by atoms with van der Waals surface area (Å²) in [5.41, 5.74) is 1.29. The van der Waals surface area contributed by atoms with Crippen molar-refractivity contribution < 1.29 is 0 Å². The van der Waals surface area contributed by atoms with E-state index in [1.54, 1.807) is 18.2 Å². The molecular formula is C9H6ClN. The van der Waals surface area contributed by atoms with E-state index in [-0.39, 0.29) is 0 Å². The summed E-state index contributed by atoms with van der Waals surface area (Å²) in [7, 11) is 0. The van der Waals surface area contributed by atoms with E-state index >= 15 is 0 Å². The van der Waals surface area contributed by atoms with Gasteiger partial charge in [-0.15, -0.1) is 0 Å². The lowest BCUT2D eigenvalue weighted by molar-refractivity contribution is 1.48. The lowest BCUT2D eigenvalue weighted by Gasteiger charge is -1.97. The third kappa shape index (κ3) is 1.42. The molecule has 1 aromatic rings. The van der Waals surface area contributed by atoms with Crippen LogP contribution < -0.4 is 0 Å². The van der Waals surface area contributed by atoms with Gasteiger partial charge < -0.3 is 0 Å². The van der Waals surface area contributed by atoms with E-state index < -0.39 is 0 Å². The van der Waals surface area contributed by atoms with Crippen molar-refractivity contribution in [1.29, 1.82) is 5.26 Å². The molecule has 2 heteroatoms. The Morgan fingerprint density at radius 3 is 2.82 bits per heavy atom. The Bertz CT molecular complexity index is 323. The molecule has 0 amide bonds. The van der Waals surface area contributed by atoms with Crippen molar-refractivity contribution in [3.05, 3.63) is 40.9 Å². The van der Waals surface area contributed by atoms with Gasteiger partial charge in [0.1, 0.15) is 6.07 Å². The normalized spacial score (nSPS) is 8.73. The molecule has 1 nitrogen and oxygen atoms in total. The van der Waals surface area contributed by atoms with Crippen molar-refractivity contribution in [3.8, 4) is 6.07 Å². The zero-order valence-electron chi connectivity index (χ0n) is 5.84. The maximum atomic E-state index is 8.57. The van der Waals surface area contributed by atoms with Crippen molar-refractivity contribution in [2.24, 2.45) is 0 Å². The molecule has 0 fully saturated rings. The summed E-state index contributed by atoms with van der Waals surface area (Å²) in [6.07, 6.45) is 1.63. The van der Waals surface area contributed by atoms with Gasteiger partial charge in [-0.05, 0) is 11.6 Å². The molecule has 11 heavy (non-hydrogen) atoms. The maximum absolute atomic E-state index is 8.57. The van der Waals surface area contributed by atoms with E-state index in [1.165, 1.54) is 0 Å². The molecule has 0 aliphatic heterocycles. The molecule has 0 N–H and O–H groups in total. The molecule has 1 rings (SSSR count). The summed E-state index contributed by atoms with van der Waals surface area (Å²) < 4.78 is 0. The summed E-state index contributed by atoms with van der Waals surface area (Å²) in [4.78, 5) is 0. The van der Waals surface area contributed by atoms with Gasteiger partial charge in [-0.3, -0.25) is 0 Å². The van der Waals surface area contributed by atoms with Crippen molar-refractivity contribution in [3.63, 3.8) is 0 Å². The number of benzene rings is 1. The van der Waals surface area contributed by atoms with Gasteiger partial charge in [-0.1, -0.05) is 36.4 Å². The molecule has 0 unspecified atom stereocenters. The summed E-state index contributed by atoms with van der Waals surface area (Å²) in [5.74, 6) is 0. The topological polar surface area (TPSA) is 23.8 Å². The number of nitrogens with zero attached hydrogens (tertiary/aromatic N) is 1. The first-order valence-corrected chi connectivity index (χ1v) is 3.48. The average Bonchev–Trinajstić information content (AvgIpc) is 2.05. The predicted molar refractivity (Wildman–Crippen MR) is 46.3 cm³/mol. The molecule has 0 atom stereocenters. The van der Waals surface area contributed by atoms with Crippen LogP contribution in [0.25, 0.3) is 6.08 Å². The van der Waals surface area contributed by atoms with Crippen LogP contribution in [0.3, 0.4) is 0 Å². The molecular weight excluding hydrogens is 158 g/mol. The van der Waals surface area contributed by atoms with Crippen LogP contribution in [-0.4, -0.2) is 0 Å². The summed E-state index contributed by atoms with van der Waals surface area (Å²) >= 11 is 5.82. The summed E-state index contributed by atoms with van der Waals surface area (Å²) in [6, 6.07) is 7.26. The zero-order valence-corrected chi connectivity index (χ0v) is 6.60. The van der Waals surface area contributed by atoms with E-state index in [0.717, 1.165) is 5.56 Å². The molecule has 0 aliphatic rings. The van der Waals surface area contributed by atoms with E-state index in [9.17, 15) is 0 Å². The minimum atomic E-state index is 0.477. The minimum Gasteiger partial charge on any atom is -0.192 e. The summed E-state index contributed by atoms with van der Waals surface area (Å²) in [5, 5.41) is 9.05. The second kappa shape index (κ2) is 3.23. The van der Waals surface area contributed by atoms with Crippen LogP contribution >= 0.6 is 11.6 Å². The van der Waals surface area contributed by atoms with Gasteiger partial charge in [0.05, 0.1) is 10.6 Å². The monoisotopic (exact) mass is 163 g/mol. The lowest BCUT2D eigenvalue weighted by atomic mass is 10.1. The molecule has 0 spiro atoms. The van der Waals surface area contributed by atoms with Gasteiger partial charge in [0.25, 0.3) is 0 Å². The van der Waals surface area contributed by atoms with Crippen molar-refractivity contribution in [2.45, 2.75) is 0 Å². The van der Waals surface area contributed by atoms with Gasteiger partial charge in [-0.25, -0.2) is 0 Å². The third-order valence-electron chi connectivity index (χ3n) is 1.37. The molecule has 1 aromatic carbocycles. The first-order chi connectivity index (χ1) is 5.29. The zero-order chi connectivity index (χ0) is 8.27. The van der Waals surface area contributed by atoms with Crippen LogP contribution in [0.5, 0.6) is 0 Å². The van der Waals surface area contributed by atoms with Gasteiger partial charge in [-0.2, -0.15) is 5.26 Å². The fraction of sp³-hybridized carbons (Fsp3) is 0. The highest BCUT2D eigenvalue weighted by molar-refractivity contribution is 6.33. The Balaban J connectivity index is 3.34. The molecule has 0 radical (unpaired) electrons. The van der Waals surface area contributed by atoms with Gasteiger partial charge in [0, 0.05) is 0 Å². The highest BCUT2D eigenvalue weighted by atomic mass is 35.5. The second-order valence-electron chi connectivity index (χ2n) is 2.02. The molecule has 0 saturated heterocycles. The molecule has 0 aliphatic carbocycles. The summed E-state index contributed by atoms with van der Waals surface area (Å²) in [6.45, 7) is 3.57. The largest absolute Gasteiger partial charge is 0.192 e. The van der Waals surface area contributed by atoms with Crippen LogP contribution in [0.15, 0.2) is 24.8 Å². The van der Waals surface area contributed by atoms with E-state index in [0.29, 0.717) is 10.6 Å². The SMILES string of the molecule is C=Cc1cccc(C#N)c1Cl. The Morgan fingerprint density at radius 2 is 2.27 bits per heavy atom. The fourth-order valence-corrected chi connectivity index (χ4v) is 1.04. The fourth-order valence-electron chi connectivity index (χ4n) is 0.794. The van der Waals surface area contributed by atoms with Crippen molar-refractivity contribution >= 4 is 17.7 Å². The standard InChI is InChI=1S/C9H6ClN/c1-2-7-4-3-5-8(6-11)9(7)10/h2-5H,1H2. The first-order valence-electron chi connectivity index (χ1n) is 3.10. The highest BCUT2D eigenvalue weighted by Gasteiger charge is 2.00. The second-order valence-corrected chi connectivity index (χ2v) is 2.40. The number of rotatable bonds is 1. The molecule has 0 bridgehead atoms. The smallest absolute Gasteiger partial charge is 0.101 e. The molecule has 0 aromatic heterocycles. The lowest BCUT2D eigenvalue weighted by Crippen LogP contribution is -1.79. The highest BCUT2D eigenvalue weighted by Crippen LogP contribution is 2.20. The quantitative estimate of drug-likeness (QED) is 0.625. The number of nitriles is 1. The average molecular weight is 164 g/mol. The van der Waals surface area contributed by atoms with E-state index in [4.69, 9.17) is 16.9 Å². The van der Waals surface area contributed by atoms with Gasteiger partial charge in [0.15, 0.2) is 0 Å². The Morgan fingerprint density at radius 1 is 1.55 bits per heavy atom. The van der Waals surface area contributed by atoms with Crippen LogP contribution in [0.1, 0.15) is 11.1 Å². The van der Waals surface area contributed by atoms with Crippen LogP contribution in [-0.2, 0) is 0 Å². The van der Waals surface area contributed by atoms with Crippen LogP contribution in [0.4, 0.5) is 0 Å². The van der Waals surface area contributed by atoms with Crippen LogP contribution in [0.2, 0.25) is 5.02 Å². The number of hydrogen-bond donors (Lipinski definition) is 0. The Hall–Kier alpha value is -1.26. The van der Waals surface area contributed by atoms with Gasteiger partial charge >= 0.3 is 0 Å². The predicted octanol–water partition coefficient (Wildman–Crippen LogP) is 2.85. The van der Waals surface area contributed by atoms with E-state index in [1.807, 2.05) is 12.1 Å². The van der Waals surface area contributed by atoms with Crippen molar-refractivity contribution in [1.82, 2.24) is 0 Å². The third-order valence-corrected chi connectivity index (χ3v) is 1.79.